The van der Waals surface area contributed by atoms with E-state index in [0.29, 0.717) is 0 Å². The van der Waals surface area contributed by atoms with Gasteiger partial charge < -0.3 is 14.2 Å². The molecule has 1 aliphatic heterocycles. The normalized spacial score (nSPS) is 25.8. The van der Waals surface area contributed by atoms with Crippen LogP contribution in [0.4, 0.5) is 0 Å². The van der Waals surface area contributed by atoms with Crippen molar-refractivity contribution in [2.24, 2.45) is 0 Å². The van der Waals surface area contributed by atoms with Gasteiger partial charge in [-0.25, -0.2) is 4.89 Å². The maximum Gasteiger partial charge on any atom is 0.338 e. The Bertz CT molecular complexity index is 730. The highest BCUT2D eigenvalue weighted by molar-refractivity contribution is 7.54. The van der Waals surface area contributed by atoms with Crippen LogP contribution in [-0.2, 0) is 29.0 Å². The Morgan fingerprint density at radius 2 is 1.42 bits per heavy atom. The molecule has 2 aromatic rings. The summed E-state index contributed by atoms with van der Waals surface area (Å²) in [7, 11) is -1.07. The van der Waals surface area contributed by atoms with Crippen molar-refractivity contribution < 1.29 is 28.5 Å². The van der Waals surface area contributed by atoms with Crippen molar-refractivity contribution in [2.45, 2.75) is 30.4 Å². The number of benzene rings is 2. The molecule has 0 aromatic heterocycles. The van der Waals surface area contributed by atoms with Crippen LogP contribution >= 0.6 is 7.60 Å². The smallest absolute Gasteiger partial charge is 0.338 e. The molecule has 140 valence electrons. The van der Waals surface area contributed by atoms with E-state index >= 15 is 0 Å². The average molecular weight is 378 g/mol. The zero-order valence-corrected chi connectivity index (χ0v) is 15.9. The van der Waals surface area contributed by atoms with Crippen molar-refractivity contribution in [3.8, 4) is 0 Å². The van der Waals surface area contributed by atoms with E-state index < -0.39 is 24.6 Å². The fourth-order valence-corrected chi connectivity index (χ4v) is 5.12. The van der Waals surface area contributed by atoms with Crippen LogP contribution in [0.5, 0.6) is 0 Å². The van der Waals surface area contributed by atoms with Crippen LogP contribution < -0.4 is 0 Å². The minimum atomic E-state index is -3.65. The lowest BCUT2D eigenvalue weighted by Crippen LogP contribution is -2.53. The summed E-state index contributed by atoms with van der Waals surface area (Å²) in [5, 5.41) is 10.7. The van der Waals surface area contributed by atoms with Crippen molar-refractivity contribution in [1.29, 1.82) is 0 Å². The molecule has 3 rings (SSSR count). The zero-order chi connectivity index (χ0) is 18.8. The Labute approximate surface area is 153 Å². The van der Waals surface area contributed by atoms with Gasteiger partial charge in [-0.2, -0.15) is 4.89 Å². The van der Waals surface area contributed by atoms with E-state index in [0.717, 1.165) is 11.1 Å². The Morgan fingerprint density at radius 1 is 0.962 bits per heavy atom. The molecule has 0 spiro atoms. The predicted molar refractivity (Wildman–Crippen MR) is 96.5 cm³/mol. The van der Waals surface area contributed by atoms with Gasteiger partial charge in [-0.15, -0.1) is 0 Å². The lowest BCUT2D eigenvalue weighted by molar-refractivity contribution is -0.476. The Hall–Kier alpha value is -1.53. The predicted octanol–water partition coefficient (Wildman–Crippen LogP) is 3.85. The second kappa shape index (κ2) is 7.24. The topological polar surface area (TPSA) is 74.2 Å². The summed E-state index contributed by atoms with van der Waals surface area (Å²) >= 11 is 0. The third-order valence-corrected chi connectivity index (χ3v) is 7.27. The van der Waals surface area contributed by atoms with E-state index in [-0.39, 0.29) is 6.42 Å². The molecule has 6 nitrogen and oxygen atoms in total. The standard InChI is InChI=1S/C19H23O6P/c1-18(20)17(26(21,22-2)23-3)14-19(25-24-18,15-10-6-4-7-11-15)16-12-8-5-9-13-16/h4-13,17,20H,14H2,1-3H3. The van der Waals surface area contributed by atoms with Gasteiger partial charge in [0.1, 0.15) is 5.66 Å². The summed E-state index contributed by atoms with van der Waals surface area (Å²) in [4.78, 5) is 11.2. The molecule has 1 aliphatic rings. The molecule has 2 aromatic carbocycles. The minimum Gasteiger partial charge on any atom is -0.363 e. The fraction of sp³-hybridized carbons (Fsp3) is 0.368. The third-order valence-electron chi connectivity index (χ3n) is 4.82. The lowest BCUT2D eigenvalue weighted by Gasteiger charge is -2.47. The molecule has 7 heteroatoms. The maximum absolute atomic E-state index is 13.1. The molecule has 26 heavy (non-hydrogen) atoms. The molecule has 0 bridgehead atoms. The average Bonchev–Trinajstić information content (AvgIpc) is 2.69. The van der Waals surface area contributed by atoms with Crippen molar-refractivity contribution in [1.82, 2.24) is 0 Å². The summed E-state index contributed by atoms with van der Waals surface area (Å²) in [5.41, 5.74) is -0.405. The van der Waals surface area contributed by atoms with Gasteiger partial charge in [0.2, 0.25) is 5.79 Å². The van der Waals surface area contributed by atoms with Gasteiger partial charge in [-0.05, 0) is 18.1 Å². The highest BCUT2D eigenvalue weighted by atomic mass is 31.2. The van der Waals surface area contributed by atoms with Gasteiger partial charge in [0.05, 0.1) is 0 Å². The SMILES string of the molecule is COP(=O)(OC)C1CC(c2ccccc2)(c2ccccc2)OOC1(C)O. The van der Waals surface area contributed by atoms with Gasteiger partial charge in [0.25, 0.3) is 0 Å². The molecular weight excluding hydrogens is 355 g/mol. The van der Waals surface area contributed by atoms with E-state index in [4.69, 9.17) is 18.8 Å². The van der Waals surface area contributed by atoms with Crippen LogP contribution in [0.1, 0.15) is 24.5 Å². The van der Waals surface area contributed by atoms with Crippen LogP contribution in [0.15, 0.2) is 60.7 Å². The van der Waals surface area contributed by atoms with Crippen LogP contribution in [0.3, 0.4) is 0 Å². The molecule has 0 radical (unpaired) electrons. The molecular formula is C19H23O6P. The minimum absolute atomic E-state index is 0.146. The number of aliphatic hydroxyl groups is 1. The fourth-order valence-electron chi connectivity index (χ4n) is 3.35. The monoisotopic (exact) mass is 378 g/mol. The lowest BCUT2D eigenvalue weighted by atomic mass is 9.80. The summed E-state index contributed by atoms with van der Waals surface area (Å²) in [6.07, 6.45) is 0.146. The van der Waals surface area contributed by atoms with Crippen molar-refractivity contribution in [3.05, 3.63) is 71.8 Å². The molecule has 2 unspecified atom stereocenters. The first kappa shape index (κ1) is 19.2. The Balaban J connectivity index is 2.16. The molecule has 1 saturated heterocycles. The first-order valence-electron chi connectivity index (χ1n) is 8.29. The highest BCUT2D eigenvalue weighted by Crippen LogP contribution is 2.61. The molecule has 1 fully saturated rings. The number of hydrogen-bond acceptors (Lipinski definition) is 6. The van der Waals surface area contributed by atoms with Crippen LogP contribution in [0.2, 0.25) is 0 Å². The largest absolute Gasteiger partial charge is 0.363 e. The van der Waals surface area contributed by atoms with E-state index in [2.05, 4.69) is 0 Å². The van der Waals surface area contributed by atoms with Crippen molar-refractivity contribution in [3.63, 3.8) is 0 Å². The van der Waals surface area contributed by atoms with Gasteiger partial charge in [0, 0.05) is 20.6 Å². The van der Waals surface area contributed by atoms with Crippen LogP contribution in [0.25, 0.3) is 0 Å². The number of rotatable bonds is 5. The summed E-state index contributed by atoms with van der Waals surface area (Å²) < 4.78 is 23.5. The van der Waals surface area contributed by atoms with Gasteiger partial charge in [-0.1, -0.05) is 60.7 Å². The molecule has 0 aliphatic carbocycles. The molecule has 2 atom stereocenters. The maximum atomic E-state index is 13.1. The summed E-state index contributed by atoms with van der Waals surface area (Å²) in [6.45, 7) is 1.39. The molecule has 1 N–H and O–H groups in total. The molecule has 0 saturated carbocycles. The van der Waals surface area contributed by atoms with Crippen LogP contribution in [0, 0.1) is 0 Å². The summed E-state index contributed by atoms with van der Waals surface area (Å²) in [5.74, 6) is -1.84. The second-order valence-electron chi connectivity index (χ2n) is 6.41. The number of hydrogen-bond donors (Lipinski definition) is 1. The first-order chi connectivity index (χ1) is 12.4. The Kier molecular flexibility index (Phi) is 5.35. The highest BCUT2D eigenvalue weighted by Gasteiger charge is 2.58. The van der Waals surface area contributed by atoms with Crippen molar-refractivity contribution in [2.75, 3.05) is 14.2 Å². The van der Waals surface area contributed by atoms with Gasteiger partial charge >= 0.3 is 7.60 Å². The summed E-state index contributed by atoms with van der Waals surface area (Å²) in [6, 6.07) is 18.9. The van der Waals surface area contributed by atoms with E-state index in [1.807, 2.05) is 60.7 Å². The van der Waals surface area contributed by atoms with E-state index in [9.17, 15) is 9.67 Å². The third kappa shape index (κ3) is 3.25. The molecule has 0 amide bonds. The van der Waals surface area contributed by atoms with Gasteiger partial charge in [-0.3, -0.25) is 4.57 Å². The zero-order valence-electron chi connectivity index (χ0n) is 15.0. The second-order valence-corrected chi connectivity index (χ2v) is 8.84. The quantitative estimate of drug-likeness (QED) is 0.629. The van der Waals surface area contributed by atoms with Gasteiger partial charge in [0.15, 0.2) is 5.60 Å². The van der Waals surface area contributed by atoms with E-state index in [1.165, 1.54) is 21.1 Å². The van der Waals surface area contributed by atoms with Crippen LogP contribution in [-0.4, -0.2) is 30.8 Å². The van der Waals surface area contributed by atoms with E-state index in [1.54, 1.807) is 0 Å². The Morgan fingerprint density at radius 3 is 1.85 bits per heavy atom. The molecule has 1 heterocycles. The first-order valence-corrected chi connectivity index (χ1v) is 9.90. The van der Waals surface area contributed by atoms with Crippen molar-refractivity contribution >= 4 is 7.60 Å².